The smallest absolute Gasteiger partial charge is 0.272 e. The van der Waals surface area contributed by atoms with E-state index >= 15 is 0 Å². The molecule has 0 saturated carbocycles. The van der Waals surface area contributed by atoms with Crippen LogP contribution in [0.2, 0.25) is 0 Å². The fourth-order valence-corrected chi connectivity index (χ4v) is 3.81. The van der Waals surface area contributed by atoms with Gasteiger partial charge in [-0.3, -0.25) is 10.1 Å². The largest absolute Gasteiger partial charge is 0.369 e. The average Bonchev–Trinajstić information content (AvgIpc) is 2.34. The monoisotopic (exact) mass is 330 g/mol. The lowest BCUT2D eigenvalue weighted by atomic mass is 9.92. The highest BCUT2D eigenvalue weighted by Crippen LogP contribution is 2.36. The first kappa shape index (κ1) is 16.1. The summed E-state index contributed by atoms with van der Waals surface area (Å²) >= 11 is 0. The Hall–Kier alpha value is -2.23. The van der Waals surface area contributed by atoms with Crippen LogP contribution in [0.1, 0.15) is 18.1 Å². The Kier molecular flexibility index (Phi) is 3.60. The van der Waals surface area contributed by atoms with Crippen molar-refractivity contribution in [1.82, 2.24) is 4.31 Å². The van der Waals surface area contributed by atoms with E-state index in [0.29, 0.717) is 0 Å². The van der Waals surface area contributed by atoms with Gasteiger partial charge in [0.2, 0.25) is 16.0 Å². The minimum Gasteiger partial charge on any atom is -0.369 e. The maximum Gasteiger partial charge on any atom is 0.272 e. The summed E-state index contributed by atoms with van der Waals surface area (Å²) in [5.41, 5.74) is 3.72. The molecule has 0 radical (unpaired) electrons. The molecule has 8 nitrogen and oxygen atoms in total. The van der Waals surface area contributed by atoms with E-state index in [4.69, 9.17) is 5.73 Å². The lowest BCUT2D eigenvalue weighted by Gasteiger charge is -2.34. The molecule has 1 atom stereocenters. The van der Waals surface area contributed by atoms with E-state index in [2.05, 4.69) is 4.99 Å². The third kappa shape index (κ3) is 2.49. The van der Waals surface area contributed by atoms with Crippen molar-refractivity contribution >= 4 is 21.7 Å². The summed E-state index contributed by atoms with van der Waals surface area (Å²) in [6, 6.07) is 2.01. The summed E-state index contributed by atoms with van der Waals surface area (Å²) in [5.74, 6) is -1.59. The topological polar surface area (TPSA) is 119 Å². The molecule has 1 heterocycles. The van der Waals surface area contributed by atoms with Crippen LogP contribution in [0.15, 0.2) is 17.1 Å². The number of hydrogen-bond donors (Lipinski definition) is 1. The van der Waals surface area contributed by atoms with E-state index < -0.39 is 32.1 Å². The summed E-state index contributed by atoms with van der Waals surface area (Å²) in [7, 11) is -2.55. The van der Waals surface area contributed by atoms with Gasteiger partial charge in [0.25, 0.3) is 5.69 Å². The highest BCUT2D eigenvalue weighted by Gasteiger charge is 2.42. The Morgan fingerprint density at radius 3 is 2.59 bits per heavy atom. The van der Waals surface area contributed by atoms with Crippen molar-refractivity contribution < 1.29 is 17.7 Å². The Morgan fingerprint density at radius 1 is 1.50 bits per heavy atom. The zero-order chi connectivity index (χ0) is 16.9. The van der Waals surface area contributed by atoms with Crippen LogP contribution < -0.4 is 5.73 Å². The second kappa shape index (κ2) is 4.90. The molecule has 120 valence electrons. The maximum absolute atomic E-state index is 14.3. The van der Waals surface area contributed by atoms with Crippen LogP contribution in [0.25, 0.3) is 0 Å². The van der Waals surface area contributed by atoms with Crippen LogP contribution in [0.5, 0.6) is 0 Å². The van der Waals surface area contributed by atoms with E-state index in [9.17, 15) is 22.9 Å². The first-order valence-corrected chi connectivity index (χ1v) is 7.86. The first-order valence-electron chi connectivity index (χ1n) is 6.25. The number of aryl methyl sites for hydroxylation is 1. The number of sulfonamides is 1. The second-order valence-electron chi connectivity index (χ2n) is 5.34. The molecule has 1 aliphatic heterocycles. The van der Waals surface area contributed by atoms with Crippen molar-refractivity contribution in [1.29, 1.82) is 0 Å². The Morgan fingerprint density at radius 2 is 2.09 bits per heavy atom. The third-order valence-electron chi connectivity index (χ3n) is 3.63. The molecule has 0 amide bonds. The first-order chi connectivity index (χ1) is 9.98. The Labute approximate surface area is 126 Å². The lowest BCUT2D eigenvalue weighted by Crippen LogP contribution is -2.50. The van der Waals surface area contributed by atoms with Crippen molar-refractivity contribution in [2.75, 3.05) is 12.8 Å². The number of nitrogens with two attached hydrogens (primary N) is 1. The van der Waals surface area contributed by atoms with Crippen LogP contribution in [0.3, 0.4) is 0 Å². The van der Waals surface area contributed by atoms with Gasteiger partial charge in [0, 0.05) is 24.2 Å². The molecular weight excluding hydrogens is 315 g/mol. The summed E-state index contributed by atoms with van der Waals surface area (Å²) in [5, 5.41) is 11.0. The van der Waals surface area contributed by atoms with Gasteiger partial charge in [0.1, 0.15) is 11.4 Å². The molecule has 1 aromatic rings. The minimum absolute atomic E-state index is 0.141. The molecule has 0 unspecified atom stereocenters. The van der Waals surface area contributed by atoms with E-state index in [0.717, 1.165) is 16.4 Å². The zero-order valence-corrected chi connectivity index (χ0v) is 13.0. The van der Waals surface area contributed by atoms with Crippen LogP contribution in [0, 0.1) is 22.9 Å². The summed E-state index contributed by atoms with van der Waals surface area (Å²) in [6.45, 7) is 2.78. The number of aliphatic imine (C=N–C) groups is 1. The molecule has 2 N–H and O–H groups in total. The summed E-state index contributed by atoms with van der Waals surface area (Å²) in [4.78, 5) is 14.4. The Balaban J connectivity index is 2.70. The number of hydrogen-bond acceptors (Lipinski definition) is 6. The van der Waals surface area contributed by atoms with Gasteiger partial charge in [0.05, 0.1) is 10.7 Å². The van der Waals surface area contributed by atoms with Gasteiger partial charge in [-0.2, -0.15) is 0 Å². The molecule has 0 fully saturated rings. The van der Waals surface area contributed by atoms with Crippen LogP contribution in [0.4, 0.5) is 10.1 Å². The predicted octanol–water partition coefficient (Wildman–Crippen LogP) is 0.847. The van der Waals surface area contributed by atoms with Crippen LogP contribution in [-0.4, -0.2) is 36.4 Å². The highest BCUT2D eigenvalue weighted by atomic mass is 32.2. The quantitative estimate of drug-likeness (QED) is 0.637. The van der Waals surface area contributed by atoms with E-state index in [1.165, 1.54) is 20.9 Å². The van der Waals surface area contributed by atoms with Gasteiger partial charge < -0.3 is 5.73 Å². The summed E-state index contributed by atoms with van der Waals surface area (Å²) in [6.07, 6.45) is 0. The van der Waals surface area contributed by atoms with E-state index in [1.807, 2.05) is 0 Å². The fourth-order valence-electron chi connectivity index (χ4n) is 2.36. The predicted molar refractivity (Wildman–Crippen MR) is 78.3 cm³/mol. The van der Waals surface area contributed by atoms with Gasteiger partial charge in [-0.1, -0.05) is 0 Å². The van der Waals surface area contributed by atoms with Crippen molar-refractivity contribution in [3.05, 3.63) is 39.2 Å². The van der Waals surface area contributed by atoms with Crippen molar-refractivity contribution in [3.63, 3.8) is 0 Å². The molecule has 0 spiro atoms. The van der Waals surface area contributed by atoms with E-state index in [-0.39, 0.29) is 22.8 Å². The Bertz CT molecular complexity index is 793. The minimum atomic E-state index is -3.79. The molecule has 1 aliphatic rings. The lowest BCUT2D eigenvalue weighted by molar-refractivity contribution is -0.385. The molecule has 2 rings (SSSR count). The molecule has 0 saturated heterocycles. The molecule has 1 aromatic carbocycles. The number of nitro groups is 1. The second-order valence-corrected chi connectivity index (χ2v) is 7.34. The standard InChI is InChI=1S/C12H15FN4O4S/c1-7-4-9(13)8(5-10(7)17(18)19)12(2)6-22(20,21)16(3)11(14)15-12/h4-5H,6H2,1-3H3,(H2,14,15)/t12-/m0/s1. The molecular formula is C12H15FN4O4S. The molecule has 0 bridgehead atoms. The number of rotatable bonds is 2. The van der Waals surface area contributed by atoms with Crippen LogP contribution >= 0.6 is 0 Å². The number of nitrogens with zero attached hydrogens (tertiary/aromatic N) is 3. The number of benzene rings is 1. The number of nitro benzene ring substituents is 1. The van der Waals surface area contributed by atoms with Gasteiger partial charge >= 0.3 is 0 Å². The molecule has 22 heavy (non-hydrogen) atoms. The highest BCUT2D eigenvalue weighted by molar-refractivity contribution is 7.89. The van der Waals surface area contributed by atoms with E-state index in [1.54, 1.807) is 0 Å². The number of guanidine groups is 1. The van der Waals surface area contributed by atoms with Crippen molar-refractivity contribution in [2.24, 2.45) is 10.7 Å². The molecule has 10 heteroatoms. The average molecular weight is 330 g/mol. The SMILES string of the molecule is Cc1cc(F)c([C@]2(C)CS(=O)(=O)N(C)C(N)=N2)cc1[N+](=O)[O-]. The van der Waals surface area contributed by atoms with Gasteiger partial charge in [0.15, 0.2) is 0 Å². The van der Waals surface area contributed by atoms with Crippen molar-refractivity contribution in [3.8, 4) is 0 Å². The fraction of sp³-hybridized carbons (Fsp3) is 0.417. The van der Waals surface area contributed by atoms with Gasteiger partial charge in [-0.05, 0) is 19.9 Å². The maximum atomic E-state index is 14.3. The van der Waals surface area contributed by atoms with Crippen LogP contribution in [-0.2, 0) is 15.6 Å². The van der Waals surface area contributed by atoms with Crippen molar-refractivity contribution in [2.45, 2.75) is 19.4 Å². The third-order valence-corrected chi connectivity index (χ3v) is 5.58. The molecule has 0 aliphatic carbocycles. The van der Waals surface area contributed by atoms with Gasteiger partial charge in [-0.25, -0.2) is 22.1 Å². The van der Waals surface area contributed by atoms with Gasteiger partial charge in [-0.15, -0.1) is 0 Å². The zero-order valence-electron chi connectivity index (χ0n) is 12.2. The number of halogens is 1. The normalized spacial score (nSPS) is 24.0. The summed E-state index contributed by atoms with van der Waals surface area (Å²) < 4.78 is 39.2. The molecule has 0 aromatic heterocycles.